The summed E-state index contributed by atoms with van der Waals surface area (Å²) in [5.74, 6) is 0.838. The molecule has 24 heavy (non-hydrogen) atoms. The maximum atomic E-state index is 12.3. The van der Waals surface area contributed by atoms with Gasteiger partial charge in [0, 0.05) is 5.25 Å². The van der Waals surface area contributed by atoms with Gasteiger partial charge < -0.3 is 4.74 Å². The molecule has 1 amide bonds. The smallest absolute Gasteiger partial charge is 0.266 e. The summed E-state index contributed by atoms with van der Waals surface area (Å²) < 4.78 is 6.70. The molecule has 7 heteroatoms. The number of carbonyl (C=O) groups excluding carboxylic acids is 1. The molecule has 0 aliphatic rings. The zero-order valence-corrected chi connectivity index (χ0v) is 16.2. The van der Waals surface area contributed by atoms with Crippen LogP contribution in [0.4, 0.5) is 5.13 Å². The summed E-state index contributed by atoms with van der Waals surface area (Å²) in [4.78, 5) is 12.3. The van der Waals surface area contributed by atoms with Crippen LogP contribution in [0.5, 0.6) is 5.75 Å². The third-order valence-electron chi connectivity index (χ3n) is 3.19. The van der Waals surface area contributed by atoms with E-state index in [0.29, 0.717) is 16.3 Å². The normalized spacial score (nSPS) is 12.5. The number of amides is 1. The number of para-hydroxylation sites is 1. The zero-order chi connectivity index (χ0) is 17.7. The van der Waals surface area contributed by atoms with Crippen LogP contribution >= 0.6 is 23.1 Å². The van der Waals surface area contributed by atoms with E-state index in [2.05, 4.69) is 43.2 Å². The molecule has 0 radical (unpaired) electrons. The lowest BCUT2D eigenvalue weighted by Gasteiger charge is -2.18. The number of rotatable bonds is 7. The number of ether oxygens (including phenoxy) is 1. The number of carbonyl (C=O) groups is 1. The van der Waals surface area contributed by atoms with E-state index in [1.54, 1.807) is 18.7 Å². The molecule has 2 aromatic rings. The first-order valence-electron chi connectivity index (χ1n) is 7.93. The number of hydrogen-bond acceptors (Lipinski definition) is 6. The van der Waals surface area contributed by atoms with E-state index in [1.807, 2.05) is 24.3 Å². The molecule has 0 fully saturated rings. The van der Waals surface area contributed by atoms with E-state index in [0.717, 1.165) is 15.7 Å². The highest BCUT2D eigenvalue weighted by Gasteiger charge is 2.19. The van der Waals surface area contributed by atoms with E-state index in [1.165, 1.54) is 11.3 Å². The second-order valence-corrected chi connectivity index (χ2v) is 8.78. The van der Waals surface area contributed by atoms with Crippen LogP contribution in [0.2, 0.25) is 0 Å². The molecule has 1 heterocycles. The van der Waals surface area contributed by atoms with E-state index in [9.17, 15) is 4.79 Å². The molecular formula is C17H23N3O2S2. The number of hydrogen-bond donors (Lipinski definition) is 1. The lowest BCUT2D eigenvalue weighted by molar-refractivity contribution is -0.122. The predicted octanol–water partition coefficient (Wildman–Crippen LogP) is 4.57. The van der Waals surface area contributed by atoms with Gasteiger partial charge in [-0.05, 0) is 24.5 Å². The molecule has 0 spiro atoms. The van der Waals surface area contributed by atoms with Crippen LogP contribution in [0.25, 0.3) is 0 Å². The molecule has 0 aliphatic heterocycles. The average molecular weight is 366 g/mol. The Morgan fingerprint density at radius 1 is 1.17 bits per heavy atom. The van der Waals surface area contributed by atoms with Crippen molar-refractivity contribution in [2.75, 3.05) is 5.32 Å². The van der Waals surface area contributed by atoms with Gasteiger partial charge in [-0.25, -0.2) is 0 Å². The Morgan fingerprint density at radius 2 is 1.88 bits per heavy atom. The van der Waals surface area contributed by atoms with Crippen molar-refractivity contribution < 1.29 is 9.53 Å². The minimum Gasteiger partial charge on any atom is -0.481 e. The molecule has 1 unspecified atom stereocenters. The summed E-state index contributed by atoms with van der Waals surface area (Å²) in [5, 5.41) is 11.8. The minimum atomic E-state index is -0.616. The van der Waals surface area contributed by atoms with E-state index < -0.39 is 6.10 Å². The molecule has 1 aromatic heterocycles. The minimum absolute atomic E-state index is 0.231. The highest BCUT2D eigenvalue weighted by molar-refractivity contribution is 8.01. The summed E-state index contributed by atoms with van der Waals surface area (Å²) >= 11 is 3.00. The number of aromatic nitrogens is 2. The van der Waals surface area contributed by atoms with Crippen molar-refractivity contribution >= 4 is 34.1 Å². The van der Waals surface area contributed by atoms with Crippen LogP contribution in [-0.4, -0.2) is 27.5 Å². The molecule has 0 saturated carbocycles. The molecule has 5 nitrogen and oxygen atoms in total. The summed E-state index contributed by atoms with van der Waals surface area (Å²) in [5.41, 5.74) is 1.09. The summed E-state index contributed by atoms with van der Waals surface area (Å²) in [6.45, 7) is 10.1. The van der Waals surface area contributed by atoms with Gasteiger partial charge in [0.2, 0.25) is 5.13 Å². The summed E-state index contributed by atoms with van der Waals surface area (Å²) in [7, 11) is 0. The highest BCUT2D eigenvalue weighted by Crippen LogP contribution is 2.29. The first-order valence-corrected chi connectivity index (χ1v) is 9.63. The number of anilines is 1. The van der Waals surface area contributed by atoms with Crippen LogP contribution in [0.15, 0.2) is 28.6 Å². The summed E-state index contributed by atoms with van der Waals surface area (Å²) in [6, 6.07) is 7.79. The molecule has 1 N–H and O–H groups in total. The van der Waals surface area contributed by atoms with Gasteiger partial charge in [0.25, 0.3) is 5.91 Å². The SMILES string of the molecule is CC(C)Sc1nnc(NC(=O)C(C)Oc2ccccc2C(C)C)s1. The lowest BCUT2D eigenvalue weighted by Crippen LogP contribution is -2.30. The van der Waals surface area contributed by atoms with E-state index in [-0.39, 0.29) is 5.91 Å². The Labute approximate surface area is 151 Å². The average Bonchev–Trinajstić information content (AvgIpc) is 2.93. The third kappa shape index (κ3) is 5.21. The molecular weight excluding hydrogens is 342 g/mol. The first kappa shape index (κ1) is 18.7. The Kier molecular flexibility index (Phi) is 6.62. The number of nitrogens with one attached hydrogen (secondary N) is 1. The second kappa shape index (κ2) is 8.48. The van der Waals surface area contributed by atoms with Gasteiger partial charge in [-0.15, -0.1) is 10.2 Å². The van der Waals surface area contributed by atoms with E-state index in [4.69, 9.17) is 4.74 Å². The Bertz CT molecular complexity index is 686. The Balaban J connectivity index is 1.99. The Morgan fingerprint density at radius 3 is 2.54 bits per heavy atom. The van der Waals surface area contributed by atoms with Crippen LogP contribution < -0.4 is 10.1 Å². The monoisotopic (exact) mass is 365 g/mol. The molecule has 1 aromatic carbocycles. The van der Waals surface area contributed by atoms with Crippen molar-refractivity contribution in [3.05, 3.63) is 29.8 Å². The van der Waals surface area contributed by atoms with Crippen molar-refractivity contribution in [1.29, 1.82) is 0 Å². The fourth-order valence-corrected chi connectivity index (χ4v) is 4.00. The maximum Gasteiger partial charge on any atom is 0.266 e. The van der Waals surface area contributed by atoms with Crippen molar-refractivity contribution in [3.63, 3.8) is 0 Å². The quantitative estimate of drug-likeness (QED) is 0.575. The van der Waals surface area contributed by atoms with Gasteiger partial charge in [0.05, 0.1) is 0 Å². The van der Waals surface area contributed by atoms with Crippen LogP contribution in [0, 0.1) is 0 Å². The molecule has 2 rings (SSSR count). The molecule has 130 valence electrons. The maximum absolute atomic E-state index is 12.3. The Hall–Kier alpha value is -1.60. The molecule has 0 aliphatic carbocycles. The third-order valence-corrected chi connectivity index (χ3v) is 5.11. The van der Waals surface area contributed by atoms with Gasteiger partial charge in [0.15, 0.2) is 10.4 Å². The lowest BCUT2D eigenvalue weighted by atomic mass is 10.0. The highest BCUT2D eigenvalue weighted by atomic mass is 32.2. The van der Waals surface area contributed by atoms with Crippen molar-refractivity contribution in [2.24, 2.45) is 0 Å². The molecule has 0 bridgehead atoms. The fourth-order valence-electron chi connectivity index (χ4n) is 2.03. The molecule has 0 saturated heterocycles. The second-order valence-electron chi connectivity index (χ2n) is 5.98. The zero-order valence-electron chi connectivity index (χ0n) is 14.6. The number of benzene rings is 1. The summed E-state index contributed by atoms with van der Waals surface area (Å²) in [6.07, 6.45) is -0.616. The van der Waals surface area contributed by atoms with Crippen molar-refractivity contribution in [3.8, 4) is 5.75 Å². The van der Waals surface area contributed by atoms with Gasteiger partial charge >= 0.3 is 0 Å². The van der Waals surface area contributed by atoms with Crippen LogP contribution in [0.3, 0.4) is 0 Å². The van der Waals surface area contributed by atoms with Gasteiger partial charge in [-0.1, -0.05) is 69.0 Å². The standard InChI is InChI=1S/C17H23N3O2S2/c1-10(2)13-8-6-7-9-14(13)22-12(5)15(21)18-16-19-20-17(24-16)23-11(3)4/h6-12H,1-5H3,(H,18,19,21). The number of thioether (sulfide) groups is 1. The predicted molar refractivity (Wildman–Crippen MR) is 100 cm³/mol. The van der Waals surface area contributed by atoms with Gasteiger partial charge in [-0.2, -0.15) is 0 Å². The van der Waals surface area contributed by atoms with E-state index >= 15 is 0 Å². The first-order chi connectivity index (χ1) is 11.4. The van der Waals surface area contributed by atoms with Gasteiger partial charge in [-0.3, -0.25) is 10.1 Å². The van der Waals surface area contributed by atoms with Crippen LogP contribution in [0.1, 0.15) is 46.1 Å². The van der Waals surface area contributed by atoms with Crippen LogP contribution in [-0.2, 0) is 4.79 Å². The van der Waals surface area contributed by atoms with Crippen molar-refractivity contribution in [1.82, 2.24) is 10.2 Å². The van der Waals surface area contributed by atoms with Gasteiger partial charge in [0.1, 0.15) is 5.75 Å². The topological polar surface area (TPSA) is 64.1 Å². The van der Waals surface area contributed by atoms with Crippen molar-refractivity contribution in [2.45, 2.75) is 56.2 Å². The fraction of sp³-hybridized carbons (Fsp3) is 0.471. The molecule has 1 atom stereocenters. The largest absolute Gasteiger partial charge is 0.481 e. The number of nitrogens with zero attached hydrogens (tertiary/aromatic N) is 2.